The fourth-order valence-corrected chi connectivity index (χ4v) is 3.42. The van der Waals surface area contributed by atoms with E-state index in [1.807, 2.05) is 13.8 Å². The smallest absolute Gasteiger partial charge is 0.266 e. The molecule has 166 valence electrons. The van der Waals surface area contributed by atoms with Gasteiger partial charge in [0, 0.05) is 43.0 Å². The van der Waals surface area contributed by atoms with Crippen LogP contribution in [0.3, 0.4) is 0 Å². The molecule has 0 atom stereocenters. The van der Waals surface area contributed by atoms with Crippen molar-refractivity contribution in [3.05, 3.63) is 60.2 Å². The molecule has 1 aliphatic heterocycles. The lowest BCUT2D eigenvalue weighted by molar-refractivity contribution is 0.0257. The van der Waals surface area contributed by atoms with Crippen LogP contribution in [0, 0.1) is 5.82 Å². The molecule has 1 aliphatic rings. The molecule has 0 aromatic carbocycles. The Labute approximate surface area is 182 Å². The van der Waals surface area contributed by atoms with E-state index in [1.54, 1.807) is 6.07 Å². The topological polar surface area (TPSA) is 83.9 Å². The minimum absolute atomic E-state index is 0.0787. The molecule has 0 bridgehead atoms. The van der Waals surface area contributed by atoms with Crippen LogP contribution in [0.4, 0.5) is 24.7 Å². The van der Waals surface area contributed by atoms with Gasteiger partial charge in [0.05, 0.1) is 29.7 Å². The van der Waals surface area contributed by atoms with Crippen LogP contribution < -0.4 is 10.2 Å². The predicted molar refractivity (Wildman–Crippen MR) is 113 cm³/mol. The highest BCUT2D eigenvalue weighted by Crippen LogP contribution is 2.38. The van der Waals surface area contributed by atoms with Crippen molar-refractivity contribution in [2.75, 3.05) is 23.3 Å². The van der Waals surface area contributed by atoms with Gasteiger partial charge in [-0.3, -0.25) is 9.78 Å². The fourth-order valence-electron chi connectivity index (χ4n) is 3.42. The number of halogens is 3. The highest BCUT2D eigenvalue weighted by Gasteiger charge is 2.40. The Morgan fingerprint density at radius 2 is 1.84 bits per heavy atom. The summed E-state index contributed by atoms with van der Waals surface area (Å²) < 4.78 is 41.1. The first kappa shape index (κ1) is 21.7. The number of nitrogens with one attached hydrogen (secondary N) is 1. The SMILES string of the molecule is CC(C)c1ncc(C(=O)Nc2c(-c3ccc(F)cn3)ccnc2N2CCC(F)(F)C2)cn1. The van der Waals surface area contributed by atoms with Gasteiger partial charge in [-0.15, -0.1) is 0 Å². The summed E-state index contributed by atoms with van der Waals surface area (Å²) in [5.41, 5.74) is 1.21. The molecule has 3 aromatic rings. The summed E-state index contributed by atoms with van der Waals surface area (Å²) in [6, 6.07) is 4.27. The van der Waals surface area contributed by atoms with Crippen molar-refractivity contribution in [3.63, 3.8) is 0 Å². The van der Waals surface area contributed by atoms with Crippen molar-refractivity contribution in [1.82, 2.24) is 19.9 Å². The van der Waals surface area contributed by atoms with E-state index < -0.39 is 24.2 Å². The Morgan fingerprint density at radius 3 is 2.44 bits per heavy atom. The van der Waals surface area contributed by atoms with Gasteiger partial charge in [0.15, 0.2) is 5.82 Å². The van der Waals surface area contributed by atoms with Crippen LogP contribution in [0.25, 0.3) is 11.3 Å². The lowest BCUT2D eigenvalue weighted by atomic mass is 10.1. The first-order valence-electron chi connectivity index (χ1n) is 10.1. The van der Waals surface area contributed by atoms with Gasteiger partial charge in [-0.25, -0.2) is 28.1 Å². The maximum Gasteiger partial charge on any atom is 0.266 e. The number of anilines is 2. The third-order valence-corrected chi connectivity index (χ3v) is 5.09. The Hall–Kier alpha value is -3.56. The van der Waals surface area contributed by atoms with E-state index in [9.17, 15) is 18.0 Å². The standard InChI is InChI=1S/C22H21F3N6O/c1-13(2)19-28-9-14(10-29-19)21(32)30-18-16(17-4-3-15(23)11-27-17)5-7-26-20(18)31-8-6-22(24,25)12-31/h3-5,7,9-11,13H,6,8,12H2,1-2H3,(H,30,32). The normalized spacial score (nSPS) is 15.2. The maximum atomic E-state index is 13.9. The summed E-state index contributed by atoms with van der Waals surface area (Å²) >= 11 is 0. The van der Waals surface area contributed by atoms with Gasteiger partial charge in [-0.05, 0) is 18.2 Å². The van der Waals surface area contributed by atoms with Gasteiger partial charge in [0.1, 0.15) is 11.6 Å². The Balaban J connectivity index is 1.73. The average Bonchev–Trinajstić information content (AvgIpc) is 3.14. The summed E-state index contributed by atoms with van der Waals surface area (Å²) in [4.78, 5) is 31.1. The second kappa shape index (κ2) is 8.52. The lowest BCUT2D eigenvalue weighted by Gasteiger charge is -2.22. The van der Waals surface area contributed by atoms with Gasteiger partial charge < -0.3 is 10.2 Å². The molecule has 0 spiro atoms. The maximum absolute atomic E-state index is 13.9. The van der Waals surface area contributed by atoms with Crippen molar-refractivity contribution in [3.8, 4) is 11.3 Å². The number of amides is 1. The monoisotopic (exact) mass is 442 g/mol. The number of alkyl halides is 2. The van der Waals surface area contributed by atoms with Gasteiger partial charge in [-0.2, -0.15) is 0 Å². The van der Waals surface area contributed by atoms with Crippen LogP contribution in [-0.4, -0.2) is 44.9 Å². The van der Waals surface area contributed by atoms with Gasteiger partial charge in [0.2, 0.25) is 0 Å². The van der Waals surface area contributed by atoms with Crippen LogP contribution in [0.5, 0.6) is 0 Å². The van der Waals surface area contributed by atoms with Crippen LogP contribution in [0.1, 0.15) is 42.4 Å². The molecular formula is C22H21F3N6O. The van der Waals surface area contributed by atoms with Crippen molar-refractivity contribution in [2.45, 2.75) is 32.1 Å². The highest BCUT2D eigenvalue weighted by atomic mass is 19.3. The van der Waals surface area contributed by atoms with Crippen molar-refractivity contribution >= 4 is 17.4 Å². The van der Waals surface area contributed by atoms with Gasteiger partial charge >= 0.3 is 0 Å². The highest BCUT2D eigenvalue weighted by molar-refractivity contribution is 6.07. The minimum Gasteiger partial charge on any atom is -0.349 e. The Bertz CT molecular complexity index is 1120. The third-order valence-electron chi connectivity index (χ3n) is 5.09. The number of carbonyl (C=O) groups is 1. The second-order valence-corrected chi connectivity index (χ2v) is 7.89. The molecule has 0 aliphatic carbocycles. The predicted octanol–water partition coefficient (Wildman–Crippen LogP) is 4.29. The first-order chi connectivity index (χ1) is 15.2. The molecule has 7 nitrogen and oxygen atoms in total. The zero-order valence-electron chi connectivity index (χ0n) is 17.5. The van der Waals surface area contributed by atoms with Crippen molar-refractivity contribution in [1.29, 1.82) is 0 Å². The van der Waals surface area contributed by atoms with E-state index >= 15 is 0 Å². The van der Waals surface area contributed by atoms with E-state index in [4.69, 9.17) is 0 Å². The molecule has 3 aromatic heterocycles. The molecule has 10 heteroatoms. The first-order valence-corrected chi connectivity index (χ1v) is 10.1. The molecule has 1 N–H and O–H groups in total. The molecular weight excluding hydrogens is 421 g/mol. The summed E-state index contributed by atoms with van der Waals surface area (Å²) in [6.07, 6.45) is 5.00. The molecule has 0 saturated carbocycles. The zero-order valence-corrected chi connectivity index (χ0v) is 17.5. The summed E-state index contributed by atoms with van der Waals surface area (Å²) in [6.45, 7) is 3.43. The van der Waals surface area contributed by atoms with E-state index in [2.05, 4.69) is 25.3 Å². The van der Waals surface area contributed by atoms with Crippen LogP contribution >= 0.6 is 0 Å². The molecule has 0 radical (unpaired) electrons. The number of pyridine rings is 2. The summed E-state index contributed by atoms with van der Waals surface area (Å²) in [7, 11) is 0. The van der Waals surface area contributed by atoms with E-state index in [0.29, 0.717) is 17.1 Å². The van der Waals surface area contributed by atoms with Crippen molar-refractivity contribution < 1.29 is 18.0 Å². The van der Waals surface area contributed by atoms with Crippen LogP contribution in [0.2, 0.25) is 0 Å². The largest absolute Gasteiger partial charge is 0.349 e. The van der Waals surface area contributed by atoms with Crippen molar-refractivity contribution in [2.24, 2.45) is 0 Å². The molecule has 4 heterocycles. The molecule has 1 saturated heterocycles. The second-order valence-electron chi connectivity index (χ2n) is 7.89. The Morgan fingerprint density at radius 1 is 1.09 bits per heavy atom. The molecule has 1 amide bonds. The number of hydrogen-bond acceptors (Lipinski definition) is 6. The molecule has 32 heavy (non-hydrogen) atoms. The summed E-state index contributed by atoms with van der Waals surface area (Å²) in [5.74, 6) is -3.00. The third kappa shape index (κ3) is 4.53. The number of hydrogen-bond donors (Lipinski definition) is 1. The van der Waals surface area contributed by atoms with Gasteiger partial charge in [-0.1, -0.05) is 13.8 Å². The Kier molecular flexibility index (Phi) is 5.77. The number of nitrogens with zero attached hydrogens (tertiary/aromatic N) is 5. The van der Waals surface area contributed by atoms with Crippen LogP contribution in [-0.2, 0) is 0 Å². The number of rotatable bonds is 5. The quantitative estimate of drug-likeness (QED) is 0.635. The van der Waals surface area contributed by atoms with Gasteiger partial charge in [0.25, 0.3) is 11.8 Å². The molecule has 4 rings (SSSR count). The summed E-state index contributed by atoms with van der Waals surface area (Å²) in [5, 5.41) is 2.76. The average molecular weight is 442 g/mol. The fraction of sp³-hybridized carbons (Fsp3) is 0.318. The number of aromatic nitrogens is 4. The van der Waals surface area contributed by atoms with E-state index in [-0.39, 0.29) is 36.0 Å². The van der Waals surface area contributed by atoms with E-state index in [0.717, 1.165) is 6.20 Å². The minimum atomic E-state index is -2.85. The zero-order chi connectivity index (χ0) is 22.9. The number of carbonyl (C=O) groups excluding carboxylic acids is 1. The van der Waals surface area contributed by atoms with E-state index in [1.165, 1.54) is 35.6 Å². The molecule has 0 unspecified atom stereocenters. The lowest BCUT2D eigenvalue weighted by Crippen LogP contribution is -2.27. The molecule has 1 fully saturated rings. The van der Waals surface area contributed by atoms with Crippen LogP contribution in [0.15, 0.2) is 43.0 Å².